The minimum atomic E-state index is -0.274. The molecule has 5 nitrogen and oxygen atoms in total. The van der Waals surface area contributed by atoms with E-state index in [-0.39, 0.29) is 11.7 Å². The molecule has 1 amide bonds. The van der Waals surface area contributed by atoms with E-state index in [1.54, 1.807) is 5.48 Å². The summed E-state index contributed by atoms with van der Waals surface area (Å²) in [5, 5.41) is 11.5. The Morgan fingerprint density at radius 1 is 1.56 bits per heavy atom. The van der Waals surface area contributed by atoms with Gasteiger partial charge in [-0.15, -0.1) is 0 Å². The average Bonchev–Trinajstić information content (AvgIpc) is 1.83. The fourth-order valence-corrected chi connectivity index (χ4v) is 0.188. The molecule has 0 bridgehead atoms. The van der Waals surface area contributed by atoms with Crippen LogP contribution in [0.3, 0.4) is 0 Å². The Morgan fingerprint density at radius 2 is 2.11 bits per heavy atom. The highest BCUT2D eigenvalue weighted by Gasteiger charge is 1.86. The zero-order chi connectivity index (χ0) is 7.28. The van der Waals surface area contributed by atoms with Crippen molar-refractivity contribution in [1.29, 1.82) is 0 Å². The van der Waals surface area contributed by atoms with Crippen molar-refractivity contribution in [2.45, 2.75) is 13.8 Å². The number of hydrogen-bond acceptors (Lipinski definition) is 3. The van der Waals surface area contributed by atoms with E-state index >= 15 is 0 Å². The molecule has 5 heteroatoms. The topological polar surface area (TPSA) is 73.7 Å². The molecule has 0 spiro atoms. The first-order valence-electron chi connectivity index (χ1n) is 2.37. The van der Waals surface area contributed by atoms with Gasteiger partial charge in [-0.2, -0.15) is 5.10 Å². The molecule has 0 heterocycles. The summed E-state index contributed by atoms with van der Waals surface area (Å²) in [7, 11) is 0. The minimum absolute atomic E-state index is 0.241. The third-order valence-electron chi connectivity index (χ3n) is 0.543. The van der Waals surface area contributed by atoms with Gasteiger partial charge in [-0.05, 0) is 6.92 Å². The van der Waals surface area contributed by atoms with Crippen molar-refractivity contribution in [2.24, 2.45) is 5.10 Å². The number of amidine groups is 1. The van der Waals surface area contributed by atoms with Gasteiger partial charge in [0.15, 0.2) is 0 Å². The summed E-state index contributed by atoms with van der Waals surface area (Å²) in [5.41, 5.74) is 3.88. The first kappa shape index (κ1) is 7.90. The largest absolute Gasteiger partial charge is 0.290 e. The zero-order valence-corrected chi connectivity index (χ0v) is 5.30. The van der Waals surface area contributed by atoms with Gasteiger partial charge in [0.05, 0.1) is 0 Å². The lowest BCUT2D eigenvalue weighted by Gasteiger charge is -1.95. The van der Waals surface area contributed by atoms with Gasteiger partial charge in [0, 0.05) is 6.92 Å². The van der Waals surface area contributed by atoms with Crippen LogP contribution in [0.15, 0.2) is 5.10 Å². The smallest absolute Gasteiger partial charge is 0.236 e. The second kappa shape index (κ2) is 3.85. The molecule has 0 rings (SSSR count). The summed E-state index contributed by atoms with van der Waals surface area (Å²) in [5.74, 6) is -0.0326. The second-order valence-corrected chi connectivity index (χ2v) is 1.48. The first-order chi connectivity index (χ1) is 4.16. The van der Waals surface area contributed by atoms with Crippen LogP contribution in [0.4, 0.5) is 0 Å². The fraction of sp³-hybridized carbons (Fsp3) is 0.500. The summed E-state index contributed by atoms with van der Waals surface area (Å²) < 4.78 is 0. The van der Waals surface area contributed by atoms with E-state index in [0.29, 0.717) is 0 Å². The van der Waals surface area contributed by atoms with Gasteiger partial charge in [-0.1, -0.05) is 0 Å². The van der Waals surface area contributed by atoms with Gasteiger partial charge in [-0.25, -0.2) is 5.43 Å². The van der Waals surface area contributed by atoms with Crippen LogP contribution in [0.5, 0.6) is 0 Å². The molecule has 0 aliphatic carbocycles. The molecular formula is C4H9N3O2. The van der Waals surface area contributed by atoms with Crippen LogP contribution in [0.1, 0.15) is 13.8 Å². The van der Waals surface area contributed by atoms with Crippen LogP contribution in [-0.4, -0.2) is 17.0 Å². The van der Waals surface area contributed by atoms with E-state index in [9.17, 15) is 4.79 Å². The van der Waals surface area contributed by atoms with Crippen LogP contribution in [0.2, 0.25) is 0 Å². The number of rotatable bonds is 1. The Bertz CT molecular complexity index is 132. The monoisotopic (exact) mass is 131 g/mol. The maximum absolute atomic E-state index is 10.1. The standard InChI is InChI=1S/C4H9N3O2/c1-3(7-9)5-6-4(2)8/h9H,1-2H3,(H,5,7)(H,6,8). The predicted molar refractivity (Wildman–Crippen MR) is 31.8 cm³/mol. The summed E-state index contributed by atoms with van der Waals surface area (Å²) in [6, 6.07) is 0. The van der Waals surface area contributed by atoms with Crippen LogP contribution in [-0.2, 0) is 4.79 Å². The molecule has 0 aliphatic rings. The van der Waals surface area contributed by atoms with Gasteiger partial charge < -0.3 is 0 Å². The van der Waals surface area contributed by atoms with Crippen molar-refractivity contribution in [3.63, 3.8) is 0 Å². The second-order valence-electron chi connectivity index (χ2n) is 1.48. The number of hydroxylamine groups is 1. The Morgan fingerprint density at radius 3 is 2.44 bits per heavy atom. The third-order valence-corrected chi connectivity index (χ3v) is 0.543. The van der Waals surface area contributed by atoms with Gasteiger partial charge in [0.1, 0.15) is 5.84 Å². The molecule has 0 saturated heterocycles. The lowest BCUT2D eigenvalue weighted by molar-refractivity contribution is -0.118. The van der Waals surface area contributed by atoms with Crippen molar-refractivity contribution in [1.82, 2.24) is 10.9 Å². The van der Waals surface area contributed by atoms with Gasteiger partial charge in [-0.3, -0.25) is 15.5 Å². The third kappa shape index (κ3) is 4.76. The van der Waals surface area contributed by atoms with Crippen LogP contribution in [0.25, 0.3) is 0 Å². The maximum atomic E-state index is 10.1. The number of hydrazone groups is 1. The summed E-state index contributed by atoms with van der Waals surface area (Å²) in [6.07, 6.45) is 0. The molecule has 0 atom stereocenters. The van der Waals surface area contributed by atoms with Crippen molar-refractivity contribution in [3.05, 3.63) is 0 Å². The molecule has 3 N–H and O–H groups in total. The molecule has 0 unspecified atom stereocenters. The molecule has 0 aromatic carbocycles. The Hall–Kier alpha value is -1.10. The Balaban J connectivity index is 3.56. The van der Waals surface area contributed by atoms with Crippen LogP contribution in [0, 0.1) is 0 Å². The van der Waals surface area contributed by atoms with E-state index in [1.165, 1.54) is 13.8 Å². The molecule has 0 radical (unpaired) electrons. The number of carbonyl (C=O) groups excluding carboxylic acids is 1. The number of nitrogens with zero attached hydrogens (tertiary/aromatic N) is 1. The lowest BCUT2D eigenvalue weighted by Crippen LogP contribution is -2.21. The van der Waals surface area contributed by atoms with E-state index in [4.69, 9.17) is 5.21 Å². The van der Waals surface area contributed by atoms with Gasteiger partial charge in [0.25, 0.3) is 0 Å². The molecule has 0 fully saturated rings. The number of nitrogens with one attached hydrogen (secondary N) is 2. The Labute approximate surface area is 52.7 Å². The normalized spacial score (nSPS) is 10.8. The van der Waals surface area contributed by atoms with Crippen molar-refractivity contribution in [3.8, 4) is 0 Å². The van der Waals surface area contributed by atoms with E-state index in [1.807, 2.05) is 0 Å². The predicted octanol–water partition coefficient (Wildman–Crippen LogP) is -0.565. The lowest BCUT2D eigenvalue weighted by atomic mass is 10.7. The number of carbonyl (C=O) groups is 1. The molecular weight excluding hydrogens is 122 g/mol. The zero-order valence-electron chi connectivity index (χ0n) is 5.30. The fourth-order valence-electron chi connectivity index (χ4n) is 0.188. The maximum Gasteiger partial charge on any atom is 0.236 e. The molecule has 0 aromatic rings. The summed E-state index contributed by atoms with van der Waals surface area (Å²) >= 11 is 0. The van der Waals surface area contributed by atoms with E-state index < -0.39 is 0 Å². The molecule has 0 saturated carbocycles. The van der Waals surface area contributed by atoms with Crippen molar-refractivity contribution in [2.75, 3.05) is 0 Å². The van der Waals surface area contributed by atoms with Crippen LogP contribution < -0.4 is 10.9 Å². The van der Waals surface area contributed by atoms with E-state index in [0.717, 1.165) is 0 Å². The Kier molecular flexibility index (Phi) is 3.38. The van der Waals surface area contributed by atoms with E-state index in [2.05, 4.69) is 10.5 Å². The van der Waals surface area contributed by atoms with Crippen molar-refractivity contribution < 1.29 is 10.0 Å². The molecule has 0 aromatic heterocycles. The molecule has 52 valence electrons. The van der Waals surface area contributed by atoms with Crippen LogP contribution >= 0.6 is 0 Å². The van der Waals surface area contributed by atoms with Gasteiger partial charge >= 0.3 is 0 Å². The highest BCUT2D eigenvalue weighted by Crippen LogP contribution is 1.65. The number of hydrogen-bond donors (Lipinski definition) is 3. The highest BCUT2D eigenvalue weighted by atomic mass is 16.5. The SMILES string of the molecule is CC(=O)NN=C(C)NO. The quantitative estimate of drug-likeness (QED) is 0.253. The van der Waals surface area contributed by atoms with Crippen molar-refractivity contribution >= 4 is 11.7 Å². The minimum Gasteiger partial charge on any atom is -0.290 e. The highest BCUT2D eigenvalue weighted by molar-refractivity contribution is 5.80. The summed E-state index contributed by atoms with van der Waals surface area (Å²) in [4.78, 5) is 10.1. The molecule has 0 aliphatic heterocycles. The first-order valence-corrected chi connectivity index (χ1v) is 2.37. The summed E-state index contributed by atoms with van der Waals surface area (Å²) in [6.45, 7) is 2.84. The van der Waals surface area contributed by atoms with Gasteiger partial charge in [0.2, 0.25) is 5.91 Å². The molecule has 9 heavy (non-hydrogen) atoms. The average molecular weight is 131 g/mol. The number of amides is 1.